The Hall–Kier alpha value is -2.14. The summed E-state index contributed by atoms with van der Waals surface area (Å²) < 4.78 is 18.7. The summed E-state index contributed by atoms with van der Waals surface area (Å²) in [5.74, 6) is -0.0938. The lowest BCUT2D eigenvalue weighted by atomic mass is 10.0. The first-order valence-electron chi connectivity index (χ1n) is 5.81. The SMILES string of the molecule is COc1ccc(C(O)Cc2cnccc2N)c(F)c1. The van der Waals surface area contributed by atoms with Crippen LogP contribution in [0.15, 0.2) is 36.7 Å². The highest BCUT2D eigenvalue weighted by Gasteiger charge is 2.15. The molecule has 0 spiro atoms. The number of aliphatic hydroxyl groups is 1. The average molecular weight is 262 g/mol. The van der Waals surface area contributed by atoms with Crippen LogP contribution < -0.4 is 10.5 Å². The van der Waals surface area contributed by atoms with E-state index in [0.717, 1.165) is 0 Å². The zero-order chi connectivity index (χ0) is 13.8. The van der Waals surface area contributed by atoms with Gasteiger partial charge in [0.05, 0.1) is 13.2 Å². The predicted molar refractivity (Wildman–Crippen MR) is 70.3 cm³/mol. The summed E-state index contributed by atoms with van der Waals surface area (Å²) in [5.41, 5.74) is 7.19. The van der Waals surface area contributed by atoms with E-state index in [4.69, 9.17) is 10.5 Å². The molecule has 0 radical (unpaired) electrons. The number of nitrogen functional groups attached to an aromatic ring is 1. The van der Waals surface area contributed by atoms with Crippen LogP contribution in [0.2, 0.25) is 0 Å². The van der Waals surface area contributed by atoms with E-state index in [1.165, 1.54) is 19.2 Å². The lowest BCUT2D eigenvalue weighted by Gasteiger charge is -2.13. The third kappa shape index (κ3) is 3.00. The van der Waals surface area contributed by atoms with E-state index >= 15 is 0 Å². The minimum Gasteiger partial charge on any atom is -0.497 e. The standard InChI is InChI=1S/C14H15FN2O2/c1-19-10-2-3-11(12(15)7-10)14(18)6-9-8-17-5-4-13(9)16/h2-5,7-8,14,18H,6H2,1H3,(H2,16,17). The van der Waals surface area contributed by atoms with Crippen LogP contribution in [-0.4, -0.2) is 17.2 Å². The number of benzene rings is 1. The molecule has 1 unspecified atom stereocenters. The van der Waals surface area contributed by atoms with Crippen molar-refractivity contribution in [2.75, 3.05) is 12.8 Å². The zero-order valence-electron chi connectivity index (χ0n) is 10.5. The maximum atomic E-state index is 13.8. The largest absolute Gasteiger partial charge is 0.497 e. The maximum Gasteiger partial charge on any atom is 0.132 e. The fourth-order valence-electron chi connectivity index (χ4n) is 1.83. The second kappa shape index (κ2) is 5.67. The molecule has 0 bridgehead atoms. The Morgan fingerprint density at radius 2 is 2.21 bits per heavy atom. The van der Waals surface area contributed by atoms with E-state index < -0.39 is 11.9 Å². The van der Waals surface area contributed by atoms with Crippen LogP contribution in [-0.2, 0) is 6.42 Å². The van der Waals surface area contributed by atoms with Crippen molar-refractivity contribution in [1.82, 2.24) is 4.98 Å². The van der Waals surface area contributed by atoms with Crippen molar-refractivity contribution in [1.29, 1.82) is 0 Å². The summed E-state index contributed by atoms with van der Waals surface area (Å²) in [5, 5.41) is 10.1. The second-order valence-electron chi connectivity index (χ2n) is 4.18. The van der Waals surface area contributed by atoms with Gasteiger partial charge >= 0.3 is 0 Å². The van der Waals surface area contributed by atoms with Gasteiger partial charge in [0.15, 0.2) is 0 Å². The quantitative estimate of drug-likeness (QED) is 0.885. The van der Waals surface area contributed by atoms with Gasteiger partial charge in [-0.2, -0.15) is 0 Å². The molecule has 4 nitrogen and oxygen atoms in total. The van der Waals surface area contributed by atoms with Crippen molar-refractivity contribution in [3.05, 3.63) is 53.6 Å². The van der Waals surface area contributed by atoms with Gasteiger partial charge in [0, 0.05) is 36.1 Å². The summed E-state index contributed by atoms with van der Waals surface area (Å²) >= 11 is 0. The van der Waals surface area contributed by atoms with Crippen molar-refractivity contribution in [3.63, 3.8) is 0 Å². The lowest BCUT2D eigenvalue weighted by Crippen LogP contribution is -2.06. The molecule has 3 N–H and O–H groups in total. The minimum atomic E-state index is -0.975. The van der Waals surface area contributed by atoms with Gasteiger partial charge in [-0.05, 0) is 23.8 Å². The molecule has 0 aliphatic heterocycles. The van der Waals surface area contributed by atoms with Crippen molar-refractivity contribution in [2.24, 2.45) is 0 Å². The fourth-order valence-corrected chi connectivity index (χ4v) is 1.83. The van der Waals surface area contributed by atoms with E-state index in [0.29, 0.717) is 17.0 Å². The first-order valence-corrected chi connectivity index (χ1v) is 5.81. The summed E-state index contributed by atoms with van der Waals surface area (Å²) in [6.07, 6.45) is 2.37. The van der Waals surface area contributed by atoms with Crippen LogP contribution in [0.3, 0.4) is 0 Å². The highest BCUT2D eigenvalue weighted by Crippen LogP contribution is 2.25. The Morgan fingerprint density at radius 1 is 1.42 bits per heavy atom. The molecule has 0 saturated heterocycles. The summed E-state index contributed by atoms with van der Waals surface area (Å²) in [7, 11) is 1.46. The first kappa shape index (κ1) is 13.3. The Labute approximate surface area is 110 Å². The summed E-state index contributed by atoms with van der Waals surface area (Å²) in [6.45, 7) is 0. The van der Waals surface area contributed by atoms with Crippen molar-refractivity contribution < 1.29 is 14.2 Å². The van der Waals surface area contributed by atoms with Gasteiger partial charge in [-0.1, -0.05) is 0 Å². The van der Waals surface area contributed by atoms with E-state index in [1.807, 2.05) is 0 Å². The van der Waals surface area contributed by atoms with Crippen LogP contribution >= 0.6 is 0 Å². The molecular weight excluding hydrogens is 247 g/mol. The van der Waals surface area contributed by atoms with Crippen molar-refractivity contribution >= 4 is 5.69 Å². The normalized spacial score (nSPS) is 12.2. The van der Waals surface area contributed by atoms with Gasteiger partial charge < -0.3 is 15.6 Å². The van der Waals surface area contributed by atoms with E-state index in [-0.39, 0.29) is 12.0 Å². The molecule has 1 aromatic carbocycles. The number of hydrogen-bond acceptors (Lipinski definition) is 4. The number of nitrogens with zero attached hydrogens (tertiary/aromatic N) is 1. The molecule has 1 heterocycles. The van der Waals surface area contributed by atoms with Gasteiger partial charge in [-0.25, -0.2) is 4.39 Å². The van der Waals surface area contributed by atoms with Gasteiger partial charge in [0.1, 0.15) is 11.6 Å². The molecule has 0 amide bonds. The molecule has 2 aromatic rings. The molecule has 0 fully saturated rings. The number of pyridine rings is 1. The number of rotatable bonds is 4. The highest BCUT2D eigenvalue weighted by atomic mass is 19.1. The van der Waals surface area contributed by atoms with E-state index in [1.54, 1.807) is 24.5 Å². The molecular formula is C14H15FN2O2. The second-order valence-corrected chi connectivity index (χ2v) is 4.18. The fraction of sp³-hybridized carbons (Fsp3) is 0.214. The third-order valence-corrected chi connectivity index (χ3v) is 2.92. The minimum absolute atomic E-state index is 0.211. The number of methoxy groups -OCH3 is 1. The number of anilines is 1. The molecule has 1 atom stereocenters. The van der Waals surface area contributed by atoms with Crippen LogP contribution in [0.4, 0.5) is 10.1 Å². The third-order valence-electron chi connectivity index (χ3n) is 2.92. The number of halogens is 1. The van der Waals surface area contributed by atoms with Crippen molar-refractivity contribution in [2.45, 2.75) is 12.5 Å². The molecule has 1 aromatic heterocycles. The molecule has 0 aliphatic carbocycles. The number of aliphatic hydroxyl groups excluding tert-OH is 1. The molecule has 5 heteroatoms. The molecule has 0 aliphatic rings. The van der Waals surface area contributed by atoms with Gasteiger partial charge in [0.2, 0.25) is 0 Å². The van der Waals surface area contributed by atoms with Gasteiger partial charge in [0.25, 0.3) is 0 Å². The number of ether oxygens (including phenoxy) is 1. The average Bonchev–Trinajstić information content (AvgIpc) is 2.41. The molecule has 2 rings (SSSR count). The van der Waals surface area contributed by atoms with E-state index in [2.05, 4.69) is 4.98 Å². The monoisotopic (exact) mass is 262 g/mol. The number of nitrogens with two attached hydrogens (primary N) is 1. The van der Waals surface area contributed by atoms with E-state index in [9.17, 15) is 9.50 Å². The summed E-state index contributed by atoms with van der Waals surface area (Å²) in [6, 6.07) is 6.00. The predicted octanol–water partition coefficient (Wildman–Crippen LogP) is 2.09. The van der Waals surface area contributed by atoms with Crippen LogP contribution in [0, 0.1) is 5.82 Å². The smallest absolute Gasteiger partial charge is 0.132 e. The van der Waals surface area contributed by atoms with Crippen molar-refractivity contribution in [3.8, 4) is 5.75 Å². The molecule has 0 saturated carbocycles. The Balaban J connectivity index is 2.21. The van der Waals surface area contributed by atoms with Gasteiger partial charge in [-0.15, -0.1) is 0 Å². The van der Waals surface area contributed by atoms with Gasteiger partial charge in [-0.3, -0.25) is 4.98 Å². The highest BCUT2D eigenvalue weighted by molar-refractivity contribution is 5.45. The molecule has 100 valence electrons. The number of aromatic nitrogens is 1. The Bertz CT molecular complexity index is 575. The topological polar surface area (TPSA) is 68.4 Å². The zero-order valence-corrected chi connectivity index (χ0v) is 10.5. The van der Waals surface area contributed by atoms with Crippen LogP contribution in [0.1, 0.15) is 17.2 Å². The van der Waals surface area contributed by atoms with Crippen LogP contribution in [0.5, 0.6) is 5.75 Å². The summed E-state index contributed by atoms with van der Waals surface area (Å²) in [4.78, 5) is 3.94. The van der Waals surface area contributed by atoms with Crippen LogP contribution in [0.25, 0.3) is 0 Å². The number of hydrogen-bond donors (Lipinski definition) is 2. The molecule has 19 heavy (non-hydrogen) atoms. The first-order chi connectivity index (χ1) is 9.11. The Morgan fingerprint density at radius 3 is 2.84 bits per heavy atom. The lowest BCUT2D eigenvalue weighted by molar-refractivity contribution is 0.173. The maximum absolute atomic E-state index is 13.8. The Kier molecular flexibility index (Phi) is 3.97.